The average molecular weight is 472 g/mol. The van der Waals surface area contributed by atoms with Crippen molar-refractivity contribution in [2.45, 2.75) is 19.9 Å². The van der Waals surface area contributed by atoms with Crippen LogP contribution in [0.25, 0.3) is 6.08 Å². The second kappa shape index (κ2) is 10.8. The number of hydrogen-bond donors (Lipinski definition) is 1. The van der Waals surface area contributed by atoms with E-state index in [0.717, 1.165) is 4.90 Å². The molecule has 3 amide bonds. The van der Waals surface area contributed by atoms with Crippen molar-refractivity contribution in [3.05, 3.63) is 64.8 Å². The maximum Gasteiger partial charge on any atom is 0.329 e. The molecule has 0 bridgehead atoms. The van der Waals surface area contributed by atoms with Gasteiger partial charge in [-0.15, -0.1) is 0 Å². The molecule has 1 aliphatic heterocycles. The number of rotatable bonds is 8. The number of esters is 1. The molecule has 1 heterocycles. The third-order valence-electron chi connectivity index (χ3n) is 4.53. The number of benzene rings is 2. The van der Waals surface area contributed by atoms with Crippen LogP contribution in [0.4, 0.5) is 14.9 Å². The molecule has 0 unspecified atom stereocenters. The van der Waals surface area contributed by atoms with E-state index in [2.05, 4.69) is 5.32 Å². The van der Waals surface area contributed by atoms with Crippen LogP contribution in [0.2, 0.25) is 0 Å². The van der Waals surface area contributed by atoms with E-state index in [4.69, 9.17) is 9.47 Å². The summed E-state index contributed by atoms with van der Waals surface area (Å²) < 4.78 is 23.5. The van der Waals surface area contributed by atoms with E-state index in [1.54, 1.807) is 31.2 Å². The van der Waals surface area contributed by atoms with Gasteiger partial charge in [0.15, 0.2) is 6.61 Å². The fraction of sp³-hybridized carbons (Fsp3) is 0.217. The van der Waals surface area contributed by atoms with Gasteiger partial charge in [-0.05, 0) is 62.0 Å². The highest BCUT2D eigenvalue weighted by molar-refractivity contribution is 8.18. The number of nitrogens with one attached hydrogen (secondary N) is 1. The molecule has 3 rings (SSSR count). The van der Waals surface area contributed by atoms with Crippen LogP contribution in [0.15, 0.2) is 53.4 Å². The van der Waals surface area contributed by atoms with Crippen LogP contribution >= 0.6 is 11.8 Å². The third kappa shape index (κ3) is 5.98. The van der Waals surface area contributed by atoms with Gasteiger partial charge in [-0.2, -0.15) is 0 Å². The first-order valence-electron chi connectivity index (χ1n) is 10.0. The van der Waals surface area contributed by atoms with Crippen LogP contribution in [0, 0.1) is 5.82 Å². The van der Waals surface area contributed by atoms with Gasteiger partial charge >= 0.3 is 5.97 Å². The molecule has 0 radical (unpaired) electrons. The molecular formula is C23H21FN2O6S. The predicted octanol–water partition coefficient (Wildman–Crippen LogP) is 3.83. The maximum atomic E-state index is 13.0. The lowest BCUT2D eigenvalue weighted by atomic mass is 10.1. The molecule has 0 aliphatic carbocycles. The van der Waals surface area contributed by atoms with Gasteiger partial charge in [-0.25, -0.2) is 9.18 Å². The normalized spacial score (nSPS) is 15.5. The van der Waals surface area contributed by atoms with Crippen molar-refractivity contribution in [3.8, 4) is 5.75 Å². The average Bonchev–Trinajstić information content (AvgIpc) is 3.07. The molecule has 0 aromatic heterocycles. The minimum Gasteiger partial charge on any atom is -0.483 e. The predicted molar refractivity (Wildman–Crippen MR) is 121 cm³/mol. The molecule has 2 aromatic rings. The quantitative estimate of drug-likeness (QED) is 0.460. The molecule has 10 heteroatoms. The van der Waals surface area contributed by atoms with Crippen molar-refractivity contribution < 1.29 is 33.0 Å². The number of imide groups is 1. The Morgan fingerprint density at radius 2 is 1.85 bits per heavy atom. The molecule has 1 fully saturated rings. The Hall–Kier alpha value is -3.66. The van der Waals surface area contributed by atoms with Crippen molar-refractivity contribution in [1.29, 1.82) is 0 Å². The van der Waals surface area contributed by atoms with E-state index in [9.17, 15) is 23.6 Å². The number of ether oxygens (including phenoxy) is 2. The Morgan fingerprint density at radius 1 is 1.15 bits per heavy atom. The van der Waals surface area contributed by atoms with E-state index in [1.165, 1.54) is 37.3 Å². The largest absolute Gasteiger partial charge is 0.483 e. The molecule has 0 saturated carbocycles. The summed E-state index contributed by atoms with van der Waals surface area (Å²) in [7, 11) is 0. The molecule has 1 N–H and O–H groups in total. The number of para-hydroxylation sites is 1. The lowest BCUT2D eigenvalue weighted by Crippen LogP contribution is -2.42. The van der Waals surface area contributed by atoms with Crippen LogP contribution in [0.3, 0.4) is 0 Å². The first kappa shape index (κ1) is 24.0. The van der Waals surface area contributed by atoms with Gasteiger partial charge in [0.1, 0.15) is 17.6 Å². The van der Waals surface area contributed by atoms with E-state index < -0.39 is 34.9 Å². The number of hydrogen-bond acceptors (Lipinski definition) is 7. The van der Waals surface area contributed by atoms with Gasteiger partial charge in [0.25, 0.3) is 17.1 Å². The Morgan fingerprint density at radius 3 is 2.55 bits per heavy atom. The first-order valence-corrected chi connectivity index (χ1v) is 10.8. The molecule has 1 atom stereocenters. The van der Waals surface area contributed by atoms with E-state index in [1.807, 2.05) is 0 Å². The monoisotopic (exact) mass is 472 g/mol. The molecule has 8 nitrogen and oxygen atoms in total. The van der Waals surface area contributed by atoms with Crippen LogP contribution < -0.4 is 10.1 Å². The highest BCUT2D eigenvalue weighted by Gasteiger charge is 2.41. The number of nitrogens with zero attached hydrogens (tertiary/aromatic N) is 1. The van der Waals surface area contributed by atoms with E-state index in [-0.39, 0.29) is 18.1 Å². The highest BCUT2D eigenvalue weighted by atomic mass is 32.2. The van der Waals surface area contributed by atoms with Gasteiger partial charge in [-0.1, -0.05) is 18.2 Å². The standard InChI is InChI=1S/C23H21FN2O6S/c1-3-31-22(29)14(2)26-21(28)19(33-23(26)30)12-15-6-4-5-7-18(15)32-13-20(27)25-17-10-8-16(24)9-11-17/h4-12,14H,3,13H2,1-2H3,(H,25,27)/b19-12-/t14-/m0/s1. The lowest BCUT2D eigenvalue weighted by molar-refractivity contribution is -0.150. The summed E-state index contributed by atoms with van der Waals surface area (Å²) in [4.78, 5) is 50.2. The van der Waals surface area contributed by atoms with Gasteiger partial charge in [-0.3, -0.25) is 19.3 Å². The van der Waals surface area contributed by atoms with Gasteiger partial charge < -0.3 is 14.8 Å². The lowest BCUT2D eigenvalue weighted by Gasteiger charge is -2.19. The SMILES string of the molecule is CCOC(=O)[C@H](C)N1C(=O)S/C(=C\c2ccccc2OCC(=O)Nc2ccc(F)cc2)C1=O. The summed E-state index contributed by atoms with van der Waals surface area (Å²) in [6.07, 6.45) is 1.47. The number of anilines is 1. The van der Waals surface area contributed by atoms with Crippen molar-refractivity contribution in [3.63, 3.8) is 0 Å². The molecule has 1 aliphatic rings. The Kier molecular flexibility index (Phi) is 7.83. The molecule has 33 heavy (non-hydrogen) atoms. The van der Waals surface area contributed by atoms with E-state index >= 15 is 0 Å². The topological polar surface area (TPSA) is 102 Å². The summed E-state index contributed by atoms with van der Waals surface area (Å²) >= 11 is 0.702. The molecule has 172 valence electrons. The molecule has 0 spiro atoms. The Bertz CT molecular complexity index is 1100. The number of thioether (sulfide) groups is 1. The summed E-state index contributed by atoms with van der Waals surface area (Å²) in [6, 6.07) is 10.9. The maximum absolute atomic E-state index is 13.0. The number of halogens is 1. The molecular weight excluding hydrogens is 451 g/mol. The van der Waals surface area contributed by atoms with Crippen LogP contribution in [-0.4, -0.2) is 47.2 Å². The number of carbonyl (C=O) groups is 4. The number of carbonyl (C=O) groups excluding carboxylic acids is 4. The molecule has 1 saturated heterocycles. The second-order valence-corrected chi connectivity index (χ2v) is 7.85. The smallest absolute Gasteiger partial charge is 0.329 e. The van der Waals surface area contributed by atoms with Gasteiger partial charge in [0, 0.05) is 11.3 Å². The van der Waals surface area contributed by atoms with E-state index in [0.29, 0.717) is 28.8 Å². The summed E-state index contributed by atoms with van der Waals surface area (Å²) in [5.74, 6) is -1.84. The number of amides is 3. The summed E-state index contributed by atoms with van der Waals surface area (Å²) in [5, 5.41) is 2.00. The third-order valence-corrected chi connectivity index (χ3v) is 5.41. The zero-order chi connectivity index (χ0) is 24.0. The molecule has 2 aromatic carbocycles. The second-order valence-electron chi connectivity index (χ2n) is 6.86. The first-order chi connectivity index (χ1) is 15.8. The zero-order valence-corrected chi connectivity index (χ0v) is 18.7. The Labute approximate surface area is 193 Å². The van der Waals surface area contributed by atoms with Crippen LogP contribution in [0.1, 0.15) is 19.4 Å². The van der Waals surface area contributed by atoms with Crippen molar-refractivity contribution in [2.24, 2.45) is 0 Å². The van der Waals surface area contributed by atoms with Crippen molar-refractivity contribution in [1.82, 2.24) is 4.90 Å². The minimum atomic E-state index is -1.05. The highest BCUT2D eigenvalue weighted by Crippen LogP contribution is 2.35. The van der Waals surface area contributed by atoms with Crippen LogP contribution in [0.5, 0.6) is 5.75 Å². The Balaban J connectivity index is 1.70. The fourth-order valence-electron chi connectivity index (χ4n) is 2.93. The van der Waals surface area contributed by atoms with Gasteiger partial charge in [0.2, 0.25) is 0 Å². The summed E-state index contributed by atoms with van der Waals surface area (Å²) in [6.45, 7) is 2.86. The van der Waals surface area contributed by atoms with Crippen molar-refractivity contribution >= 4 is 46.5 Å². The minimum absolute atomic E-state index is 0.114. The summed E-state index contributed by atoms with van der Waals surface area (Å²) in [5.41, 5.74) is 0.893. The van der Waals surface area contributed by atoms with Crippen LogP contribution in [-0.2, 0) is 19.1 Å². The fourth-order valence-corrected chi connectivity index (χ4v) is 3.83. The van der Waals surface area contributed by atoms with Crippen molar-refractivity contribution in [2.75, 3.05) is 18.5 Å². The zero-order valence-electron chi connectivity index (χ0n) is 17.9. The van der Waals surface area contributed by atoms with Gasteiger partial charge in [0.05, 0.1) is 11.5 Å².